The van der Waals surface area contributed by atoms with Crippen LogP contribution < -0.4 is 10.2 Å². The number of aryl methyl sites for hydroxylation is 1. The normalized spacial score (nSPS) is 14.8. The molecular formula is C24H24N4O3. The highest BCUT2D eigenvalue weighted by Gasteiger charge is 2.20. The van der Waals surface area contributed by atoms with E-state index in [0.29, 0.717) is 24.5 Å². The SMILES string of the molecule is Cc1ccc([C@H](C)Nc2ccccc2C(=O)O)c2nc(N3CCOCC3)cc(C#N)c12. The number of nitriles is 1. The Hall–Kier alpha value is -3.63. The number of aromatic carboxylic acids is 1. The summed E-state index contributed by atoms with van der Waals surface area (Å²) >= 11 is 0. The molecule has 1 saturated heterocycles. The summed E-state index contributed by atoms with van der Waals surface area (Å²) in [7, 11) is 0. The van der Waals surface area contributed by atoms with Crippen molar-refractivity contribution >= 4 is 28.4 Å². The molecule has 158 valence electrons. The van der Waals surface area contributed by atoms with Crippen LogP contribution in [0.5, 0.6) is 0 Å². The number of pyridine rings is 1. The summed E-state index contributed by atoms with van der Waals surface area (Å²) in [6.07, 6.45) is 0. The lowest BCUT2D eigenvalue weighted by Crippen LogP contribution is -2.36. The van der Waals surface area contributed by atoms with Gasteiger partial charge in [0.05, 0.1) is 42.0 Å². The number of benzene rings is 2. The number of aromatic nitrogens is 1. The van der Waals surface area contributed by atoms with Gasteiger partial charge in [-0.15, -0.1) is 0 Å². The molecule has 2 aromatic carbocycles. The number of anilines is 2. The molecule has 0 radical (unpaired) electrons. The maximum atomic E-state index is 11.6. The first-order valence-corrected chi connectivity index (χ1v) is 10.3. The second-order valence-corrected chi connectivity index (χ2v) is 7.65. The van der Waals surface area contributed by atoms with Gasteiger partial charge in [0, 0.05) is 29.7 Å². The Kier molecular flexibility index (Phi) is 5.74. The van der Waals surface area contributed by atoms with Gasteiger partial charge in [0.2, 0.25) is 0 Å². The van der Waals surface area contributed by atoms with Gasteiger partial charge >= 0.3 is 5.97 Å². The quantitative estimate of drug-likeness (QED) is 0.645. The average molecular weight is 416 g/mol. The smallest absolute Gasteiger partial charge is 0.337 e. The molecule has 0 aliphatic carbocycles. The van der Waals surface area contributed by atoms with Gasteiger partial charge in [-0.25, -0.2) is 9.78 Å². The molecule has 3 aromatic rings. The van der Waals surface area contributed by atoms with Crippen molar-refractivity contribution < 1.29 is 14.6 Å². The third-order valence-corrected chi connectivity index (χ3v) is 5.64. The Labute approximate surface area is 180 Å². The topological polar surface area (TPSA) is 98.5 Å². The monoisotopic (exact) mass is 416 g/mol. The van der Waals surface area contributed by atoms with Crippen molar-refractivity contribution in [3.05, 3.63) is 64.7 Å². The summed E-state index contributed by atoms with van der Waals surface area (Å²) in [5.41, 5.74) is 3.99. The van der Waals surface area contributed by atoms with Crippen molar-refractivity contribution in [2.24, 2.45) is 0 Å². The van der Waals surface area contributed by atoms with E-state index in [1.807, 2.05) is 32.0 Å². The summed E-state index contributed by atoms with van der Waals surface area (Å²) in [6.45, 7) is 6.66. The minimum absolute atomic E-state index is 0.213. The van der Waals surface area contributed by atoms with Crippen LogP contribution in [0.3, 0.4) is 0 Å². The highest BCUT2D eigenvalue weighted by molar-refractivity contribution is 5.95. The number of carboxylic acids is 1. The number of fused-ring (bicyclic) bond motifs is 1. The van der Waals surface area contributed by atoms with E-state index in [4.69, 9.17) is 9.72 Å². The second-order valence-electron chi connectivity index (χ2n) is 7.65. The van der Waals surface area contributed by atoms with Crippen molar-refractivity contribution in [2.75, 3.05) is 36.5 Å². The fraction of sp³-hybridized carbons (Fsp3) is 0.292. The Morgan fingerprint density at radius 2 is 2.00 bits per heavy atom. The van der Waals surface area contributed by atoms with Crippen LogP contribution in [0.4, 0.5) is 11.5 Å². The first-order chi connectivity index (χ1) is 15.0. The van der Waals surface area contributed by atoms with Gasteiger partial charge in [0.15, 0.2) is 0 Å². The minimum Gasteiger partial charge on any atom is -0.478 e. The maximum absolute atomic E-state index is 11.6. The van der Waals surface area contributed by atoms with Crippen molar-refractivity contribution in [3.8, 4) is 6.07 Å². The molecular weight excluding hydrogens is 392 g/mol. The molecule has 2 heterocycles. The maximum Gasteiger partial charge on any atom is 0.337 e. The van der Waals surface area contributed by atoms with Crippen LogP contribution >= 0.6 is 0 Å². The van der Waals surface area contributed by atoms with E-state index in [9.17, 15) is 15.2 Å². The molecule has 0 bridgehead atoms. The fourth-order valence-corrected chi connectivity index (χ4v) is 4.02. The molecule has 0 amide bonds. The first-order valence-electron chi connectivity index (χ1n) is 10.3. The van der Waals surface area contributed by atoms with E-state index >= 15 is 0 Å². The van der Waals surface area contributed by atoms with Crippen LogP contribution in [-0.2, 0) is 4.74 Å². The lowest BCUT2D eigenvalue weighted by molar-refractivity contribution is 0.0698. The van der Waals surface area contributed by atoms with Gasteiger partial charge in [0.25, 0.3) is 0 Å². The summed E-state index contributed by atoms with van der Waals surface area (Å²) in [5.74, 6) is -0.221. The summed E-state index contributed by atoms with van der Waals surface area (Å²) in [6, 6.07) is 14.8. The number of rotatable bonds is 5. The van der Waals surface area contributed by atoms with Crippen LogP contribution in [-0.4, -0.2) is 42.4 Å². The number of nitrogens with one attached hydrogen (secondary N) is 1. The van der Waals surface area contributed by atoms with Gasteiger partial charge in [-0.3, -0.25) is 0 Å². The van der Waals surface area contributed by atoms with E-state index in [1.165, 1.54) is 0 Å². The molecule has 1 aliphatic heterocycles. The predicted molar refractivity (Wildman–Crippen MR) is 120 cm³/mol. The van der Waals surface area contributed by atoms with Crippen LogP contribution in [0.15, 0.2) is 42.5 Å². The third kappa shape index (κ3) is 4.03. The van der Waals surface area contributed by atoms with E-state index in [2.05, 4.69) is 16.3 Å². The minimum atomic E-state index is -0.983. The van der Waals surface area contributed by atoms with Gasteiger partial charge in [0.1, 0.15) is 5.82 Å². The zero-order valence-corrected chi connectivity index (χ0v) is 17.6. The zero-order valence-electron chi connectivity index (χ0n) is 17.6. The van der Waals surface area contributed by atoms with Crippen LogP contribution in [0, 0.1) is 18.3 Å². The number of hydrogen-bond donors (Lipinski definition) is 2. The highest BCUT2D eigenvalue weighted by Crippen LogP contribution is 2.33. The molecule has 1 aliphatic rings. The van der Waals surface area contributed by atoms with Crippen LogP contribution in [0.1, 0.15) is 40.0 Å². The number of ether oxygens (including phenoxy) is 1. The Morgan fingerprint density at radius 3 is 2.71 bits per heavy atom. The second kappa shape index (κ2) is 8.62. The fourth-order valence-electron chi connectivity index (χ4n) is 4.02. The summed E-state index contributed by atoms with van der Waals surface area (Å²) < 4.78 is 5.45. The number of para-hydroxylation sites is 1. The Morgan fingerprint density at radius 1 is 1.26 bits per heavy atom. The number of hydrogen-bond acceptors (Lipinski definition) is 6. The summed E-state index contributed by atoms with van der Waals surface area (Å²) in [4.78, 5) is 18.7. The van der Waals surface area contributed by atoms with Crippen LogP contribution in [0.2, 0.25) is 0 Å². The third-order valence-electron chi connectivity index (χ3n) is 5.64. The summed E-state index contributed by atoms with van der Waals surface area (Å²) in [5, 5.41) is 23.5. The van der Waals surface area contributed by atoms with E-state index in [1.54, 1.807) is 24.3 Å². The van der Waals surface area contributed by atoms with Gasteiger partial charge < -0.3 is 20.1 Å². The van der Waals surface area contributed by atoms with Gasteiger partial charge in [-0.1, -0.05) is 24.3 Å². The van der Waals surface area contributed by atoms with Crippen molar-refractivity contribution in [2.45, 2.75) is 19.9 Å². The number of nitrogens with zero attached hydrogens (tertiary/aromatic N) is 3. The van der Waals surface area contributed by atoms with Crippen molar-refractivity contribution in [3.63, 3.8) is 0 Å². The molecule has 7 nitrogen and oxygen atoms in total. The molecule has 2 N–H and O–H groups in total. The van der Waals surface area contributed by atoms with E-state index < -0.39 is 5.97 Å². The van der Waals surface area contributed by atoms with E-state index in [0.717, 1.165) is 40.9 Å². The molecule has 0 unspecified atom stereocenters. The lowest BCUT2D eigenvalue weighted by atomic mass is 9.97. The number of carboxylic acid groups (broad SMARTS) is 1. The molecule has 7 heteroatoms. The van der Waals surface area contributed by atoms with E-state index in [-0.39, 0.29) is 11.6 Å². The lowest BCUT2D eigenvalue weighted by Gasteiger charge is -2.29. The molecule has 0 saturated carbocycles. The van der Waals surface area contributed by atoms with Crippen LogP contribution in [0.25, 0.3) is 10.9 Å². The molecule has 4 rings (SSSR count). The van der Waals surface area contributed by atoms with Gasteiger partial charge in [-0.05, 0) is 37.6 Å². The molecule has 0 spiro atoms. The highest BCUT2D eigenvalue weighted by atomic mass is 16.5. The Bertz CT molecular complexity index is 1180. The number of morpholine rings is 1. The zero-order chi connectivity index (χ0) is 22.0. The largest absolute Gasteiger partial charge is 0.478 e. The number of carbonyl (C=O) groups is 1. The molecule has 1 atom stereocenters. The van der Waals surface area contributed by atoms with Crippen molar-refractivity contribution in [1.29, 1.82) is 5.26 Å². The van der Waals surface area contributed by atoms with Gasteiger partial charge in [-0.2, -0.15) is 5.26 Å². The Balaban J connectivity index is 1.81. The average Bonchev–Trinajstić information content (AvgIpc) is 2.79. The molecule has 1 aromatic heterocycles. The molecule has 1 fully saturated rings. The standard InChI is InChI=1S/C24H24N4O3/c1-15-7-8-18(16(2)26-20-6-4-3-5-19(20)24(29)30)23-22(15)17(14-25)13-21(27-23)28-9-11-31-12-10-28/h3-8,13,16,26H,9-12H2,1-2H3,(H,29,30)/t16-/m0/s1. The predicted octanol–water partition coefficient (Wildman–Crippen LogP) is 4.12. The molecule has 31 heavy (non-hydrogen) atoms. The van der Waals surface area contributed by atoms with Crippen molar-refractivity contribution in [1.82, 2.24) is 4.98 Å². The first kappa shape index (κ1) is 20.6.